The average Bonchev–Trinajstić information content (AvgIpc) is 2.47. The van der Waals surface area contributed by atoms with Gasteiger partial charge < -0.3 is 15.8 Å². The average molecular weight is 186 g/mol. The van der Waals surface area contributed by atoms with Crippen molar-refractivity contribution in [3.8, 4) is 0 Å². The molecule has 2 atom stereocenters. The summed E-state index contributed by atoms with van der Waals surface area (Å²) < 4.78 is 4.76. The van der Waals surface area contributed by atoms with Crippen molar-refractivity contribution < 1.29 is 14.3 Å². The molecule has 0 unspecified atom stereocenters. The first-order valence-electron chi connectivity index (χ1n) is 4.32. The second kappa shape index (κ2) is 4.23. The van der Waals surface area contributed by atoms with Crippen LogP contribution in [0.15, 0.2) is 0 Å². The highest BCUT2D eigenvalue weighted by molar-refractivity contribution is 5.86. The number of cyclic esters (lactones) is 1. The van der Waals surface area contributed by atoms with Crippen LogP contribution < -0.4 is 11.1 Å². The van der Waals surface area contributed by atoms with Crippen LogP contribution in [0.3, 0.4) is 0 Å². The van der Waals surface area contributed by atoms with Crippen LogP contribution >= 0.6 is 0 Å². The molecule has 1 rings (SSSR count). The van der Waals surface area contributed by atoms with Gasteiger partial charge in [-0.1, -0.05) is 0 Å². The molecule has 0 aliphatic carbocycles. The Morgan fingerprint density at radius 2 is 2.54 bits per heavy atom. The van der Waals surface area contributed by atoms with Crippen LogP contribution in [-0.2, 0) is 14.3 Å². The number of amides is 1. The highest BCUT2D eigenvalue weighted by Gasteiger charge is 2.29. The van der Waals surface area contributed by atoms with Crippen LogP contribution in [-0.4, -0.2) is 30.6 Å². The van der Waals surface area contributed by atoms with Crippen molar-refractivity contribution in [2.75, 3.05) is 6.54 Å². The fourth-order valence-electron chi connectivity index (χ4n) is 1.09. The molecule has 5 nitrogen and oxygen atoms in total. The molecule has 0 aromatic heterocycles. The molecule has 1 aliphatic rings. The fourth-order valence-corrected chi connectivity index (χ4v) is 1.09. The molecule has 1 amide bonds. The van der Waals surface area contributed by atoms with Gasteiger partial charge in [0.05, 0.1) is 0 Å². The van der Waals surface area contributed by atoms with Crippen molar-refractivity contribution in [2.24, 2.45) is 5.73 Å². The third kappa shape index (κ3) is 3.02. The maximum atomic E-state index is 11.3. The summed E-state index contributed by atoms with van der Waals surface area (Å²) in [6, 6.07) is -0.0824. The van der Waals surface area contributed by atoms with Crippen LogP contribution in [0.2, 0.25) is 0 Å². The topological polar surface area (TPSA) is 81.4 Å². The van der Waals surface area contributed by atoms with Gasteiger partial charge in [0.1, 0.15) is 0 Å². The molecular formula is C8H14N2O3. The lowest BCUT2D eigenvalue weighted by Crippen LogP contribution is -2.40. The van der Waals surface area contributed by atoms with Gasteiger partial charge in [-0.15, -0.1) is 0 Å². The monoisotopic (exact) mass is 186 g/mol. The lowest BCUT2D eigenvalue weighted by atomic mass is 10.2. The van der Waals surface area contributed by atoms with Crippen molar-refractivity contribution >= 4 is 11.9 Å². The number of esters is 1. The molecule has 0 bridgehead atoms. The van der Waals surface area contributed by atoms with Gasteiger partial charge in [-0.25, -0.2) is 0 Å². The van der Waals surface area contributed by atoms with Crippen molar-refractivity contribution in [3.63, 3.8) is 0 Å². The lowest BCUT2D eigenvalue weighted by molar-refractivity contribution is -0.148. The molecule has 0 saturated carbocycles. The van der Waals surface area contributed by atoms with Gasteiger partial charge in [-0.3, -0.25) is 9.59 Å². The van der Waals surface area contributed by atoms with Crippen molar-refractivity contribution in [1.29, 1.82) is 0 Å². The van der Waals surface area contributed by atoms with Gasteiger partial charge in [0.2, 0.25) is 0 Å². The maximum absolute atomic E-state index is 11.3. The Balaban J connectivity index is 2.27. The van der Waals surface area contributed by atoms with Crippen molar-refractivity contribution in [2.45, 2.75) is 31.9 Å². The van der Waals surface area contributed by atoms with E-state index in [1.807, 2.05) is 0 Å². The van der Waals surface area contributed by atoms with E-state index in [2.05, 4.69) is 5.32 Å². The summed E-state index contributed by atoms with van der Waals surface area (Å²) in [6.07, 6.45) is 0.200. The maximum Gasteiger partial charge on any atom is 0.306 e. The first-order chi connectivity index (χ1) is 6.09. The van der Waals surface area contributed by atoms with Crippen molar-refractivity contribution in [3.05, 3.63) is 0 Å². The Morgan fingerprint density at radius 1 is 1.85 bits per heavy atom. The molecule has 0 aromatic rings. The molecule has 5 heteroatoms. The third-order valence-corrected chi connectivity index (χ3v) is 1.78. The van der Waals surface area contributed by atoms with Crippen LogP contribution in [0.4, 0.5) is 0 Å². The zero-order valence-corrected chi connectivity index (χ0v) is 7.58. The Hall–Kier alpha value is -1.10. The van der Waals surface area contributed by atoms with Crippen LogP contribution in [0.25, 0.3) is 0 Å². The lowest BCUT2D eigenvalue weighted by Gasteiger charge is -2.11. The molecular weight excluding hydrogens is 172 g/mol. The molecule has 1 saturated heterocycles. The van der Waals surface area contributed by atoms with Crippen molar-refractivity contribution in [1.82, 2.24) is 5.32 Å². The highest BCUT2D eigenvalue weighted by Crippen LogP contribution is 2.13. The molecule has 3 N–H and O–H groups in total. The Kier molecular flexibility index (Phi) is 3.25. The number of rotatable bonds is 3. The molecule has 0 radical (unpaired) electrons. The molecule has 0 spiro atoms. The van der Waals surface area contributed by atoms with Gasteiger partial charge in [-0.05, 0) is 6.92 Å². The normalized spacial score (nSPS) is 23.8. The third-order valence-electron chi connectivity index (χ3n) is 1.78. The zero-order chi connectivity index (χ0) is 9.84. The SMILES string of the molecule is C[C@H](N)CNC(=O)[C@@H]1CCC(=O)O1. The molecule has 1 heterocycles. The Labute approximate surface area is 76.6 Å². The number of carbonyl (C=O) groups excluding carboxylic acids is 2. The van der Waals surface area contributed by atoms with E-state index in [9.17, 15) is 9.59 Å². The summed E-state index contributed by atoms with van der Waals surface area (Å²) in [5.41, 5.74) is 5.44. The van der Waals surface area contributed by atoms with E-state index < -0.39 is 6.10 Å². The second-order valence-electron chi connectivity index (χ2n) is 3.24. The Bertz CT molecular complexity index is 215. The van der Waals surface area contributed by atoms with Gasteiger partial charge in [-0.2, -0.15) is 0 Å². The van der Waals surface area contributed by atoms with E-state index in [0.29, 0.717) is 19.4 Å². The first kappa shape index (κ1) is 9.98. The molecule has 0 aromatic carbocycles. The molecule has 1 fully saturated rings. The van der Waals surface area contributed by atoms with E-state index in [4.69, 9.17) is 10.5 Å². The van der Waals surface area contributed by atoms with Gasteiger partial charge in [0, 0.05) is 25.4 Å². The first-order valence-corrected chi connectivity index (χ1v) is 4.32. The van der Waals surface area contributed by atoms with Crippen LogP contribution in [0, 0.1) is 0 Å². The number of ether oxygens (including phenoxy) is 1. The summed E-state index contributed by atoms with van der Waals surface area (Å²) in [5, 5.41) is 2.60. The smallest absolute Gasteiger partial charge is 0.306 e. The van der Waals surface area contributed by atoms with Gasteiger partial charge >= 0.3 is 5.97 Å². The van der Waals surface area contributed by atoms with E-state index >= 15 is 0 Å². The standard InChI is InChI=1S/C8H14N2O3/c1-5(9)4-10-8(12)6-2-3-7(11)13-6/h5-6H,2-4,9H2,1H3,(H,10,12)/t5-,6-/m0/s1. The van der Waals surface area contributed by atoms with E-state index in [-0.39, 0.29) is 17.9 Å². The summed E-state index contributed by atoms with van der Waals surface area (Å²) in [6.45, 7) is 2.20. The number of carbonyl (C=O) groups is 2. The van der Waals surface area contributed by atoms with Gasteiger partial charge in [0.25, 0.3) is 5.91 Å². The second-order valence-corrected chi connectivity index (χ2v) is 3.24. The van der Waals surface area contributed by atoms with Crippen LogP contribution in [0.5, 0.6) is 0 Å². The predicted octanol–water partition coefficient (Wildman–Crippen LogP) is -0.845. The van der Waals surface area contributed by atoms with Crippen LogP contribution in [0.1, 0.15) is 19.8 Å². The Morgan fingerprint density at radius 3 is 3.00 bits per heavy atom. The van der Waals surface area contributed by atoms with E-state index in [1.165, 1.54) is 0 Å². The van der Waals surface area contributed by atoms with E-state index in [1.54, 1.807) is 6.92 Å². The molecule has 1 aliphatic heterocycles. The van der Waals surface area contributed by atoms with E-state index in [0.717, 1.165) is 0 Å². The molecule has 74 valence electrons. The van der Waals surface area contributed by atoms with Gasteiger partial charge in [0.15, 0.2) is 6.10 Å². The number of nitrogens with one attached hydrogen (secondary N) is 1. The minimum atomic E-state index is -0.605. The highest BCUT2D eigenvalue weighted by atomic mass is 16.6. The summed E-state index contributed by atoms with van der Waals surface area (Å²) in [5.74, 6) is -0.552. The quantitative estimate of drug-likeness (QED) is 0.563. The summed E-state index contributed by atoms with van der Waals surface area (Å²) in [7, 11) is 0. The fraction of sp³-hybridized carbons (Fsp3) is 0.750. The minimum Gasteiger partial charge on any atom is -0.452 e. The zero-order valence-electron chi connectivity index (χ0n) is 7.58. The number of hydrogen-bond donors (Lipinski definition) is 2. The number of hydrogen-bond acceptors (Lipinski definition) is 4. The largest absolute Gasteiger partial charge is 0.452 e. The minimum absolute atomic E-state index is 0.0824. The summed E-state index contributed by atoms with van der Waals surface area (Å²) in [4.78, 5) is 21.9. The predicted molar refractivity (Wildman–Crippen MR) is 45.8 cm³/mol. The molecule has 13 heavy (non-hydrogen) atoms. The number of nitrogens with two attached hydrogens (primary N) is 1. The summed E-state index contributed by atoms with van der Waals surface area (Å²) >= 11 is 0.